The topological polar surface area (TPSA) is 50.7 Å². The van der Waals surface area contributed by atoms with E-state index in [1.807, 2.05) is 0 Å². The summed E-state index contributed by atoms with van der Waals surface area (Å²) < 4.78 is 18.0. The first-order valence-corrected chi connectivity index (χ1v) is 7.21. The predicted octanol–water partition coefficient (Wildman–Crippen LogP) is 4.92. The number of hydrogen-bond donors (Lipinski definition) is 1. The second kappa shape index (κ2) is 7.05. The smallest absolute Gasteiger partial charge is 0.412 e. The third kappa shape index (κ3) is 5.90. The summed E-state index contributed by atoms with van der Waals surface area (Å²) >= 11 is 0. The Morgan fingerprint density at radius 1 is 1.09 bits per heavy atom. The molecule has 0 saturated heterocycles. The molecule has 1 N–H and O–H groups in total. The quantitative estimate of drug-likeness (QED) is 0.817. The van der Waals surface area contributed by atoms with Crippen molar-refractivity contribution in [2.75, 3.05) is 5.32 Å². The molecule has 0 spiro atoms. The summed E-state index contributed by atoms with van der Waals surface area (Å²) in [5, 5.41) is 2.65. The van der Waals surface area contributed by atoms with Gasteiger partial charge in [-0.25, -0.2) is 9.18 Å². The van der Waals surface area contributed by atoms with Gasteiger partial charge in [-0.05, 0) is 62.7 Å². The molecule has 0 heterocycles. The van der Waals surface area contributed by atoms with E-state index in [9.17, 15) is 9.18 Å². The molecule has 0 aliphatic carbocycles. The molecule has 120 valence electrons. The summed E-state index contributed by atoms with van der Waals surface area (Å²) in [6.07, 6.45) is 1.15. The summed E-state index contributed by atoms with van der Waals surface area (Å²) in [6, 6.07) is 13.1. The number of rotatable bonds is 3. The Labute approximate surface area is 135 Å². The lowest BCUT2D eigenvalue weighted by Crippen LogP contribution is -2.27. The summed E-state index contributed by atoms with van der Waals surface area (Å²) in [5.41, 5.74) is 1.62. The fourth-order valence-corrected chi connectivity index (χ4v) is 1.75. The number of hydrogen-bond acceptors (Lipinski definition) is 3. The SMILES string of the molecule is CC(C)(C)OC(=O)Nc1ccc(/N=C/c2ccc(F)cc2)cc1. The van der Waals surface area contributed by atoms with Crippen molar-refractivity contribution in [1.29, 1.82) is 0 Å². The second-order valence-electron chi connectivity index (χ2n) is 5.98. The molecule has 4 nitrogen and oxygen atoms in total. The maximum Gasteiger partial charge on any atom is 0.412 e. The zero-order valence-electron chi connectivity index (χ0n) is 13.3. The van der Waals surface area contributed by atoms with Gasteiger partial charge in [-0.15, -0.1) is 0 Å². The summed E-state index contributed by atoms with van der Waals surface area (Å²) in [5.74, 6) is -0.278. The van der Waals surface area contributed by atoms with Gasteiger partial charge in [0.2, 0.25) is 0 Å². The van der Waals surface area contributed by atoms with Crippen molar-refractivity contribution < 1.29 is 13.9 Å². The van der Waals surface area contributed by atoms with E-state index in [2.05, 4.69) is 10.3 Å². The lowest BCUT2D eigenvalue weighted by atomic mass is 10.2. The van der Waals surface area contributed by atoms with Crippen molar-refractivity contribution in [2.45, 2.75) is 26.4 Å². The van der Waals surface area contributed by atoms with E-state index in [0.29, 0.717) is 5.69 Å². The molecule has 0 aromatic heterocycles. The van der Waals surface area contributed by atoms with Crippen LogP contribution in [0.4, 0.5) is 20.6 Å². The number of amides is 1. The van der Waals surface area contributed by atoms with Crippen molar-refractivity contribution in [1.82, 2.24) is 0 Å². The Bertz CT molecular complexity index is 686. The van der Waals surface area contributed by atoms with Gasteiger partial charge in [0, 0.05) is 11.9 Å². The van der Waals surface area contributed by atoms with E-state index in [1.54, 1.807) is 63.4 Å². The predicted molar refractivity (Wildman–Crippen MR) is 90.0 cm³/mol. The van der Waals surface area contributed by atoms with Gasteiger partial charge in [0.15, 0.2) is 0 Å². The van der Waals surface area contributed by atoms with E-state index in [4.69, 9.17) is 4.74 Å². The molecule has 0 fully saturated rings. The van der Waals surface area contributed by atoms with Crippen LogP contribution < -0.4 is 5.32 Å². The van der Waals surface area contributed by atoms with Crippen LogP contribution in [0.2, 0.25) is 0 Å². The molecule has 0 atom stereocenters. The Balaban J connectivity index is 1.96. The molecule has 0 radical (unpaired) electrons. The van der Waals surface area contributed by atoms with Gasteiger partial charge in [0.05, 0.1) is 5.69 Å². The first-order chi connectivity index (χ1) is 10.8. The first-order valence-electron chi connectivity index (χ1n) is 7.21. The Morgan fingerprint density at radius 3 is 2.26 bits per heavy atom. The summed E-state index contributed by atoms with van der Waals surface area (Å²) in [6.45, 7) is 5.42. The number of halogens is 1. The van der Waals surface area contributed by atoms with Crippen LogP contribution in [-0.2, 0) is 4.74 Å². The largest absolute Gasteiger partial charge is 0.444 e. The highest BCUT2D eigenvalue weighted by Gasteiger charge is 2.15. The molecule has 2 aromatic carbocycles. The van der Waals surface area contributed by atoms with Gasteiger partial charge in [-0.3, -0.25) is 10.3 Å². The molecule has 2 rings (SSSR count). The van der Waals surface area contributed by atoms with Crippen LogP contribution in [0.15, 0.2) is 53.5 Å². The average molecular weight is 314 g/mol. The van der Waals surface area contributed by atoms with Gasteiger partial charge in [0.25, 0.3) is 0 Å². The standard InChI is InChI=1S/C18H19FN2O2/c1-18(2,3)23-17(22)21-16-10-8-15(9-11-16)20-12-13-4-6-14(19)7-5-13/h4-12H,1-3H3,(H,21,22)/b20-12+. The van der Waals surface area contributed by atoms with Crippen molar-refractivity contribution >= 4 is 23.7 Å². The van der Waals surface area contributed by atoms with Crippen LogP contribution in [0.1, 0.15) is 26.3 Å². The van der Waals surface area contributed by atoms with Crippen LogP contribution in [0.3, 0.4) is 0 Å². The molecule has 1 amide bonds. The normalized spacial score (nSPS) is 11.5. The number of aliphatic imine (C=N–C) groups is 1. The Kier molecular flexibility index (Phi) is 5.11. The second-order valence-corrected chi connectivity index (χ2v) is 5.98. The van der Waals surface area contributed by atoms with Gasteiger partial charge in [0.1, 0.15) is 11.4 Å². The molecule has 0 aliphatic rings. The van der Waals surface area contributed by atoms with E-state index < -0.39 is 11.7 Å². The maximum absolute atomic E-state index is 12.8. The minimum absolute atomic E-state index is 0.278. The number of nitrogens with zero attached hydrogens (tertiary/aromatic N) is 1. The Hall–Kier alpha value is -2.69. The minimum Gasteiger partial charge on any atom is -0.444 e. The van der Waals surface area contributed by atoms with Crippen molar-refractivity contribution in [3.8, 4) is 0 Å². The van der Waals surface area contributed by atoms with Gasteiger partial charge < -0.3 is 4.74 Å². The van der Waals surface area contributed by atoms with E-state index >= 15 is 0 Å². The number of benzene rings is 2. The highest BCUT2D eigenvalue weighted by molar-refractivity contribution is 5.85. The van der Waals surface area contributed by atoms with Crippen LogP contribution >= 0.6 is 0 Å². The molecule has 0 aliphatic heterocycles. The average Bonchev–Trinajstić information content (AvgIpc) is 2.46. The number of anilines is 1. The third-order valence-electron chi connectivity index (χ3n) is 2.75. The summed E-state index contributed by atoms with van der Waals surface area (Å²) in [4.78, 5) is 16.0. The lowest BCUT2D eigenvalue weighted by molar-refractivity contribution is 0.0636. The molecular formula is C18H19FN2O2. The van der Waals surface area contributed by atoms with Crippen LogP contribution in [0.25, 0.3) is 0 Å². The van der Waals surface area contributed by atoms with Gasteiger partial charge in [-0.2, -0.15) is 0 Å². The van der Waals surface area contributed by atoms with E-state index in [-0.39, 0.29) is 5.82 Å². The van der Waals surface area contributed by atoms with Crippen LogP contribution in [0.5, 0.6) is 0 Å². The molecule has 2 aromatic rings. The number of carbonyl (C=O) groups excluding carboxylic acids is 1. The third-order valence-corrected chi connectivity index (χ3v) is 2.75. The fourth-order valence-electron chi connectivity index (χ4n) is 1.75. The minimum atomic E-state index is -0.538. The van der Waals surface area contributed by atoms with Crippen molar-refractivity contribution in [2.24, 2.45) is 4.99 Å². The molecule has 0 saturated carbocycles. The highest BCUT2D eigenvalue weighted by Crippen LogP contribution is 2.17. The molecule has 0 bridgehead atoms. The monoisotopic (exact) mass is 314 g/mol. The van der Waals surface area contributed by atoms with Crippen molar-refractivity contribution in [3.05, 3.63) is 59.9 Å². The number of carbonyl (C=O) groups is 1. The molecule has 5 heteroatoms. The maximum atomic E-state index is 12.8. The van der Waals surface area contributed by atoms with E-state index in [0.717, 1.165) is 11.3 Å². The van der Waals surface area contributed by atoms with Crippen molar-refractivity contribution in [3.63, 3.8) is 0 Å². The highest BCUT2D eigenvalue weighted by atomic mass is 19.1. The Morgan fingerprint density at radius 2 is 1.70 bits per heavy atom. The summed E-state index contributed by atoms with van der Waals surface area (Å²) in [7, 11) is 0. The van der Waals surface area contributed by atoms with Gasteiger partial charge in [-0.1, -0.05) is 12.1 Å². The molecule has 0 unspecified atom stereocenters. The number of nitrogens with one attached hydrogen (secondary N) is 1. The van der Waals surface area contributed by atoms with Gasteiger partial charge >= 0.3 is 6.09 Å². The fraction of sp³-hybridized carbons (Fsp3) is 0.222. The number of ether oxygens (including phenoxy) is 1. The first kappa shape index (κ1) is 16.7. The van der Waals surface area contributed by atoms with Crippen LogP contribution in [0, 0.1) is 5.82 Å². The zero-order chi connectivity index (χ0) is 16.9. The van der Waals surface area contributed by atoms with Crippen LogP contribution in [-0.4, -0.2) is 17.9 Å². The molecule has 23 heavy (non-hydrogen) atoms. The lowest BCUT2D eigenvalue weighted by Gasteiger charge is -2.19. The molecular weight excluding hydrogens is 295 g/mol. The zero-order valence-corrected chi connectivity index (χ0v) is 13.3. The van der Waals surface area contributed by atoms with E-state index in [1.165, 1.54) is 12.1 Å².